The molecule has 0 atom stereocenters. The van der Waals surface area contributed by atoms with Gasteiger partial charge in [0.2, 0.25) is 0 Å². The van der Waals surface area contributed by atoms with Crippen LogP contribution in [0.3, 0.4) is 0 Å². The molecule has 0 rings (SSSR count). The molecule has 132 valence electrons. The third kappa shape index (κ3) is 23.6. The molecular weight excluding hydrogens is 370 g/mol. The number of rotatable bonds is 0. The van der Waals surface area contributed by atoms with Gasteiger partial charge in [-0.3, -0.25) is 0 Å². The molecule has 0 spiro atoms. The quantitative estimate of drug-likeness (QED) is 0.366. The fraction of sp³-hybridized carbons (Fsp3) is 1.00. The van der Waals surface area contributed by atoms with E-state index in [2.05, 4.69) is 102 Å². The molecule has 0 aromatic heterocycles. The summed E-state index contributed by atoms with van der Waals surface area (Å²) in [6.07, 6.45) is 0. The van der Waals surface area contributed by atoms with E-state index in [1.54, 1.807) is 0 Å². The molecular formula is C18H45GaSi3. The molecule has 0 aliphatic heterocycles. The molecule has 0 aromatic carbocycles. The summed E-state index contributed by atoms with van der Waals surface area (Å²) in [5.41, 5.74) is 0. The molecule has 0 N–H and O–H groups in total. The standard InChI is InChI=1S/3C6H15Si.Ga/c3*1-6(2,3)7(4)5;/h3*1-5H3;. The molecule has 0 amide bonds. The molecule has 0 heterocycles. The van der Waals surface area contributed by atoms with Crippen LogP contribution in [0.2, 0.25) is 54.4 Å². The molecule has 0 unspecified atom stereocenters. The van der Waals surface area contributed by atoms with Gasteiger partial charge in [-0.15, -0.1) is 0 Å². The Morgan fingerprint density at radius 2 is 0.409 bits per heavy atom. The van der Waals surface area contributed by atoms with Gasteiger partial charge < -0.3 is 0 Å². The Balaban J connectivity index is -0.000000108. The second-order valence-electron chi connectivity index (χ2n) is 9.75. The minimum atomic E-state index is -0.0502. The van der Waals surface area contributed by atoms with Gasteiger partial charge in [0.05, 0.1) is 0 Å². The Kier molecular flexibility index (Phi) is 17.8. The Bertz CT molecular complexity index is 198. The fourth-order valence-electron chi connectivity index (χ4n) is 0. The number of hydrogen-bond donors (Lipinski definition) is 0. The zero-order valence-electron chi connectivity index (χ0n) is 18.6. The van der Waals surface area contributed by atoms with Crippen LogP contribution >= 0.6 is 0 Å². The minimum absolute atomic E-state index is 0. The summed E-state index contributed by atoms with van der Waals surface area (Å²) < 4.78 is 0. The summed E-state index contributed by atoms with van der Waals surface area (Å²) in [6.45, 7) is 34.9. The molecule has 0 aliphatic carbocycles. The molecule has 0 saturated heterocycles. The van der Waals surface area contributed by atoms with Gasteiger partial charge in [-0.25, -0.2) is 0 Å². The first kappa shape index (κ1) is 31.1. The van der Waals surface area contributed by atoms with Crippen LogP contribution in [0.5, 0.6) is 0 Å². The van der Waals surface area contributed by atoms with Crippen molar-refractivity contribution in [1.29, 1.82) is 0 Å². The van der Waals surface area contributed by atoms with Crippen molar-refractivity contribution in [2.24, 2.45) is 0 Å². The maximum absolute atomic E-state index is 2.35. The van der Waals surface area contributed by atoms with Crippen molar-refractivity contribution in [3.05, 3.63) is 0 Å². The maximum Gasteiger partial charge on any atom is 0.0470 e. The zero-order chi connectivity index (χ0) is 18.2. The topological polar surface area (TPSA) is 0 Å². The summed E-state index contributed by atoms with van der Waals surface area (Å²) >= 11 is 0. The Hall–Kier alpha value is 1.29. The van der Waals surface area contributed by atoms with E-state index in [1.807, 2.05) is 0 Å². The minimum Gasteiger partial charge on any atom is -0.0709 e. The number of hydrogen-bond acceptors (Lipinski definition) is 0. The van der Waals surface area contributed by atoms with Crippen LogP contribution in [0.25, 0.3) is 0 Å². The first-order valence-electron chi connectivity index (χ1n) is 8.25. The maximum atomic E-state index is 2.35. The van der Waals surface area contributed by atoms with Crippen LogP contribution in [-0.4, -0.2) is 46.2 Å². The summed E-state index contributed by atoms with van der Waals surface area (Å²) in [7, 11) is -0.150. The van der Waals surface area contributed by atoms with Gasteiger partial charge in [-0.1, -0.05) is 102 Å². The molecule has 0 fully saturated rings. The molecule has 0 nitrogen and oxygen atoms in total. The zero-order valence-corrected chi connectivity index (χ0v) is 24.0. The van der Waals surface area contributed by atoms with Gasteiger partial charge >= 0.3 is 0 Å². The van der Waals surface area contributed by atoms with Crippen LogP contribution in [0.4, 0.5) is 0 Å². The normalized spacial score (nSPS) is 12.3. The summed E-state index contributed by atoms with van der Waals surface area (Å²) in [6, 6.07) is 0. The van der Waals surface area contributed by atoms with Gasteiger partial charge in [0.1, 0.15) is 0 Å². The van der Waals surface area contributed by atoms with Crippen molar-refractivity contribution in [3.8, 4) is 0 Å². The second kappa shape index (κ2) is 12.6. The molecule has 0 aliphatic rings. The van der Waals surface area contributed by atoms with Crippen molar-refractivity contribution in [2.75, 3.05) is 0 Å². The van der Waals surface area contributed by atoms with Crippen LogP contribution in [0.15, 0.2) is 0 Å². The summed E-state index contributed by atoms with van der Waals surface area (Å²) in [4.78, 5) is 0. The van der Waals surface area contributed by atoms with Gasteiger partial charge in [0.15, 0.2) is 0 Å². The molecule has 0 bridgehead atoms. The molecule has 0 saturated carbocycles. The fourth-order valence-corrected chi connectivity index (χ4v) is 0. The monoisotopic (exact) mass is 414 g/mol. The van der Waals surface area contributed by atoms with Crippen molar-refractivity contribution in [2.45, 2.75) is 117 Å². The molecule has 22 heavy (non-hydrogen) atoms. The van der Waals surface area contributed by atoms with E-state index in [0.29, 0.717) is 15.1 Å². The average Bonchev–Trinajstić information content (AvgIpc) is 2.14. The van der Waals surface area contributed by atoms with E-state index in [9.17, 15) is 0 Å². The van der Waals surface area contributed by atoms with Crippen LogP contribution in [0, 0.1) is 0 Å². The summed E-state index contributed by atoms with van der Waals surface area (Å²) in [5.74, 6) is 0. The Labute approximate surface area is 162 Å². The molecule has 6 radical (unpaired) electrons. The van der Waals surface area contributed by atoms with E-state index < -0.39 is 0 Å². The largest absolute Gasteiger partial charge is 0.0709 e. The Morgan fingerprint density at radius 1 is 0.364 bits per heavy atom. The predicted molar refractivity (Wildman–Crippen MR) is 117 cm³/mol. The smallest absolute Gasteiger partial charge is 0.0470 e. The van der Waals surface area contributed by atoms with E-state index in [4.69, 9.17) is 0 Å². The van der Waals surface area contributed by atoms with E-state index in [1.165, 1.54) is 0 Å². The SMILES string of the molecule is C[Si](C)C(C)(C)C.C[Si](C)C(C)(C)C.C[Si](C)C(C)(C)C.[Ga]. The van der Waals surface area contributed by atoms with Crippen molar-refractivity contribution >= 4 is 46.2 Å². The van der Waals surface area contributed by atoms with Crippen molar-refractivity contribution in [1.82, 2.24) is 0 Å². The van der Waals surface area contributed by atoms with E-state index in [-0.39, 0.29) is 46.2 Å². The second-order valence-corrected chi connectivity index (χ2v) is 20.2. The average molecular weight is 416 g/mol. The van der Waals surface area contributed by atoms with E-state index in [0.717, 1.165) is 0 Å². The van der Waals surface area contributed by atoms with Crippen LogP contribution < -0.4 is 0 Å². The van der Waals surface area contributed by atoms with Crippen LogP contribution in [-0.2, 0) is 0 Å². The molecule has 4 heteroatoms. The first-order chi connectivity index (χ1) is 8.83. The Morgan fingerprint density at radius 3 is 0.409 bits per heavy atom. The molecule has 0 aromatic rings. The van der Waals surface area contributed by atoms with Gasteiger partial charge in [0.25, 0.3) is 0 Å². The van der Waals surface area contributed by atoms with Crippen molar-refractivity contribution < 1.29 is 0 Å². The third-order valence-corrected chi connectivity index (χ3v) is 13.5. The van der Waals surface area contributed by atoms with Crippen LogP contribution in [0.1, 0.15) is 62.3 Å². The van der Waals surface area contributed by atoms with E-state index >= 15 is 0 Å². The van der Waals surface area contributed by atoms with Gasteiger partial charge in [0, 0.05) is 46.2 Å². The predicted octanol–water partition coefficient (Wildman–Crippen LogP) is 7.24. The van der Waals surface area contributed by atoms with Gasteiger partial charge in [-0.05, 0) is 15.1 Å². The third-order valence-electron chi connectivity index (χ3n) is 4.50. The van der Waals surface area contributed by atoms with Crippen molar-refractivity contribution in [3.63, 3.8) is 0 Å². The summed E-state index contributed by atoms with van der Waals surface area (Å²) in [5, 5.41) is 1.81. The van der Waals surface area contributed by atoms with Gasteiger partial charge in [-0.2, -0.15) is 0 Å². The first-order valence-corrected chi connectivity index (χ1v) is 15.8.